The number of benzene rings is 1. The van der Waals surface area contributed by atoms with E-state index in [2.05, 4.69) is 0 Å². The Balaban J connectivity index is 1.99. The molecule has 0 heterocycles. The number of ketones is 1. The van der Waals surface area contributed by atoms with Crippen molar-refractivity contribution in [3.05, 3.63) is 42.0 Å². The van der Waals surface area contributed by atoms with Crippen LogP contribution in [0, 0.1) is 5.92 Å². The van der Waals surface area contributed by atoms with Gasteiger partial charge >= 0.3 is 0 Å². The summed E-state index contributed by atoms with van der Waals surface area (Å²) < 4.78 is 0. The van der Waals surface area contributed by atoms with Crippen LogP contribution >= 0.6 is 0 Å². The zero-order chi connectivity index (χ0) is 11.4. The normalized spacial score (nSPS) is 22.8. The fourth-order valence-electron chi connectivity index (χ4n) is 2.11. The first kappa shape index (κ1) is 11.1. The van der Waals surface area contributed by atoms with Gasteiger partial charge in [0.2, 0.25) is 0 Å². The SMILES string of the molecule is O=C1CCC[C@H]1[C@H](O)/C=C/c1ccccc1. The van der Waals surface area contributed by atoms with Crippen molar-refractivity contribution < 1.29 is 9.90 Å². The molecule has 2 nitrogen and oxygen atoms in total. The number of hydrogen-bond acceptors (Lipinski definition) is 2. The quantitative estimate of drug-likeness (QED) is 0.842. The van der Waals surface area contributed by atoms with Gasteiger partial charge in [0.25, 0.3) is 0 Å². The van der Waals surface area contributed by atoms with Crippen LogP contribution < -0.4 is 0 Å². The van der Waals surface area contributed by atoms with Gasteiger partial charge in [0.1, 0.15) is 5.78 Å². The molecule has 0 radical (unpaired) electrons. The second kappa shape index (κ2) is 5.08. The maximum Gasteiger partial charge on any atom is 0.138 e. The molecule has 0 amide bonds. The second-order valence-corrected chi connectivity index (χ2v) is 4.23. The van der Waals surface area contributed by atoms with E-state index in [1.54, 1.807) is 6.08 Å². The first-order chi connectivity index (χ1) is 7.77. The minimum Gasteiger partial charge on any atom is -0.388 e. The third-order valence-electron chi connectivity index (χ3n) is 3.05. The summed E-state index contributed by atoms with van der Waals surface area (Å²) in [6.45, 7) is 0. The molecule has 84 valence electrons. The molecular formula is C14H16O2. The summed E-state index contributed by atoms with van der Waals surface area (Å²) in [5, 5.41) is 9.87. The van der Waals surface area contributed by atoms with Gasteiger partial charge in [-0.3, -0.25) is 4.79 Å². The van der Waals surface area contributed by atoms with E-state index in [0.717, 1.165) is 18.4 Å². The van der Waals surface area contributed by atoms with Crippen molar-refractivity contribution >= 4 is 11.9 Å². The number of hydrogen-bond donors (Lipinski definition) is 1. The highest BCUT2D eigenvalue weighted by atomic mass is 16.3. The Morgan fingerprint density at radius 2 is 2.06 bits per heavy atom. The van der Waals surface area contributed by atoms with Gasteiger partial charge in [-0.25, -0.2) is 0 Å². The lowest BCUT2D eigenvalue weighted by atomic mass is 9.99. The topological polar surface area (TPSA) is 37.3 Å². The molecule has 1 N–H and O–H groups in total. The average Bonchev–Trinajstić information content (AvgIpc) is 2.74. The molecule has 1 aliphatic rings. The van der Waals surface area contributed by atoms with Crippen molar-refractivity contribution in [1.29, 1.82) is 0 Å². The van der Waals surface area contributed by atoms with Crippen molar-refractivity contribution in [3.8, 4) is 0 Å². The van der Waals surface area contributed by atoms with Gasteiger partial charge in [-0.05, 0) is 18.4 Å². The van der Waals surface area contributed by atoms with Crippen LogP contribution in [-0.4, -0.2) is 17.0 Å². The van der Waals surface area contributed by atoms with Crippen LogP contribution in [0.1, 0.15) is 24.8 Å². The van der Waals surface area contributed by atoms with E-state index in [4.69, 9.17) is 0 Å². The van der Waals surface area contributed by atoms with Gasteiger partial charge in [0, 0.05) is 12.3 Å². The molecule has 0 unspecified atom stereocenters. The summed E-state index contributed by atoms with van der Waals surface area (Å²) in [5.74, 6) is 0.0187. The van der Waals surface area contributed by atoms with Gasteiger partial charge in [0.15, 0.2) is 0 Å². The fraction of sp³-hybridized carbons (Fsp3) is 0.357. The molecule has 0 bridgehead atoms. The molecule has 1 aromatic rings. The number of aliphatic hydroxyl groups excluding tert-OH is 1. The van der Waals surface area contributed by atoms with E-state index < -0.39 is 6.10 Å². The van der Waals surface area contributed by atoms with Gasteiger partial charge in [-0.1, -0.05) is 42.5 Å². The third-order valence-corrected chi connectivity index (χ3v) is 3.05. The molecule has 2 rings (SSSR count). The highest BCUT2D eigenvalue weighted by Crippen LogP contribution is 2.25. The minimum atomic E-state index is -0.629. The first-order valence-electron chi connectivity index (χ1n) is 5.71. The van der Waals surface area contributed by atoms with E-state index in [1.165, 1.54) is 0 Å². The Labute approximate surface area is 95.6 Å². The molecule has 2 atom stereocenters. The fourth-order valence-corrected chi connectivity index (χ4v) is 2.11. The van der Waals surface area contributed by atoms with Crippen LogP contribution in [0.3, 0.4) is 0 Å². The van der Waals surface area contributed by atoms with Crippen LogP contribution in [-0.2, 0) is 4.79 Å². The first-order valence-corrected chi connectivity index (χ1v) is 5.71. The molecule has 16 heavy (non-hydrogen) atoms. The Kier molecular flexibility index (Phi) is 3.52. The average molecular weight is 216 g/mol. The lowest BCUT2D eigenvalue weighted by molar-refractivity contribution is -0.122. The standard InChI is InChI=1S/C14H16O2/c15-13-8-4-7-12(13)14(16)10-9-11-5-2-1-3-6-11/h1-3,5-6,9-10,12,14,16H,4,7-8H2/b10-9+/t12-,14-/m1/s1. The predicted octanol–water partition coefficient (Wildman–Crippen LogP) is 2.43. The van der Waals surface area contributed by atoms with E-state index in [1.807, 2.05) is 36.4 Å². The molecule has 0 aliphatic heterocycles. The number of aliphatic hydroxyl groups is 1. The molecule has 1 aromatic carbocycles. The van der Waals surface area contributed by atoms with Crippen molar-refractivity contribution in [3.63, 3.8) is 0 Å². The van der Waals surface area contributed by atoms with E-state index >= 15 is 0 Å². The van der Waals surface area contributed by atoms with Gasteiger partial charge in [-0.15, -0.1) is 0 Å². The van der Waals surface area contributed by atoms with Crippen molar-refractivity contribution in [2.45, 2.75) is 25.4 Å². The minimum absolute atomic E-state index is 0.181. The maximum absolute atomic E-state index is 11.4. The lowest BCUT2D eigenvalue weighted by Crippen LogP contribution is -2.21. The number of rotatable bonds is 3. The molecule has 0 saturated heterocycles. The molecule has 0 aromatic heterocycles. The number of Topliss-reactive ketones (excluding diaryl/α,β-unsaturated/α-hetero) is 1. The zero-order valence-electron chi connectivity index (χ0n) is 9.17. The van der Waals surface area contributed by atoms with E-state index in [0.29, 0.717) is 6.42 Å². The summed E-state index contributed by atoms with van der Waals surface area (Å²) >= 11 is 0. The molecule has 1 aliphatic carbocycles. The molecule has 0 spiro atoms. The number of carbonyl (C=O) groups is 1. The van der Waals surface area contributed by atoms with Gasteiger partial charge in [0.05, 0.1) is 6.10 Å². The summed E-state index contributed by atoms with van der Waals surface area (Å²) in [6, 6.07) is 9.80. The largest absolute Gasteiger partial charge is 0.388 e. The smallest absolute Gasteiger partial charge is 0.138 e. The van der Waals surface area contributed by atoms with Crippen molar-refractivity contribution in [1.82, 2.24) is 0 Å². The Morgan fingerprint density at radius 3 is 2.69 bits per heavy atom. The van der Waals surface area contributed by atoms with Crippen LogP contribution in [0.15, 0.2) is 36.4 Å². The lowest BCUT2D eigenvalue weighted by Gasteiger charge is -2.11. The van der Waals surface area contributed by atoms with Crippen molar-refractivity contribution in [2.75, 3.05) is 0 Å². The third kappa shape index (κ3) is 2.58. The Bertz CT molecular complexity index is 381. The molecule has 2 heteroatoms. The summed E-state index contributed by atoms with van der Waals surface area (Å²) in [4.78, 5) is 11.4. The molecule has 1 saturated carbocycles. The monoisotopic (exact) mass is 216 g/mol. The van der Waals surface area contributed by atoms with Crippen LogP contribution in [0.4, 0.5) is 0 Å². The summed E-state index contributed by atoms with van der Waals surface area (Å²) in [5.41, 5.74) is 1.05. The van der Waals surface area contributed by atoms with Crippen LogP contribution in [0.25, 0.3) is 6.08 Å². The van der Waals surface area contributed by atoms with Crippen LogP contribution in [0.5, 0.6) is 0 Å². The highest BCUT2D eigenvalue weighted by molar-refractivity contribution is 5.83. The summed E-state index contributed by atoms with van der Waals surface area (Å²) in [7, 11) is 0. The summed E-state index contributed by atoms with van der Waals surface area (Å²) in [6.07, 6.45) is 5.33. The number of carbonyl (C=O) groups excluding carboxylic acids is 1. The zero-order valence-corrected chi connectivity index (χ0v) is 9.17. The van der Waals surface area contributed by atoms with E-state index in [9.17, 15) is 9.90 Å². The van der Waals surface area contributed by atoms with Crippen LogP contribution in [0.2, 0.25) is 0 Å². The highest BCUT2D eigenvalue weighted by Gasteiger charge is 2.29. The molecular weight excluding hydrogens is 200 g/mol. The molecule has 1 fully saturated rings. The second-order valence-electron chi connectivity index (χ2n) is 4.23. The maximum atomic E-state index is 11.4. The Morgan fingerprint density at radius 1 is 1.31 bits per heavy atom. The van der Waals surface area contributed by atoms with E-state index in [-0.39, 0.29) is 11.7 Å². The predicted molar refractivity (Wildman–Crippen MR) is 63.8 cm³/mol. The van der Waals surface area contributed by atoms with Crippen molar-refractivity contribution in [2.24, 2.45) is 5.92 Å². The Hall–Kier alpha value is -1.41. The van der Waals surface area contributed by atoms with Gasteiger partial charge in [-0.2, -0.15) is 0 Å². The van der Waals surface area contributed by atoms with Gasteiger partial charge < -0.3 is 5.11 Å².